The molecule has 0 aliphatic carbocycles. The number of amides is 2. The van der Waals surface area contributed by atoms with Gasteiger partial charge in [0.25, 0.3) is 11.8 Å². The van der Waals surface area contributed by atoms with Crippen LogP contribution in [0.3, 0.4) is 0 Å². The first kappa shape index (κ1) is 26.9. The third-order valence-electron chi connectivity index (χ3n) is 7.27. The highest BCUT2D eigenvalue weighted by Crippen LogP contribution is 2.27. The second-order valence-corrected chi connectivity index (χ2v) is 10.6. The van der Waals surface area contributed by atoms with Gasteiger partial charge in [0.05, 0.1) is 0 Å². The number of rotatable bonds is 6. The second-order valence-electron chi connectivity index (χ2n) is 10.6. The van der Waals surface area contributed by atoms with Crippen molar-refractivity contribution in [1.82, 2.24) is 9.97 Å². The molecule has 2 N–H and O–H groups in total. The van der Waals surface area contributed by atoms with Gasteiger partial charge in [-0.1, -0.05) is 12.1 Å². The fourth-order valence-electron chi connectivity index (χ4n) is 4.89. The summed E-state index contributed by atoms with van der Waals surface area (Å²) in [5, 5.41) is 5.77. The van der Waals surface area contributed by atoms with E-state index in [1.807, 2.05) is 74.5 Å². The number of fused-ring (bicyclic) bond motifs is 2. The number of aryl methyl sites for hydroxylation is 2. The molecule has 0 radical (unpaired) electrons. The maximum atomic E-state index is 12.9. The van der Waals surface area contributed by atoms with Gasteiger partial charge in [0.2, 0.25) is 11.8 Å². The molecule has 8 nitrogen and oxygen atoms in total. The Kier molecular flexibility index (Phi) is 6.71. The first-order chi connectivity index (χ1) is 21.4. The van der Waals surface area contributed by atoms with Crippen LogP contribution in [0.25, 0.3) is 45.1 Å². The minimum absolute atomic E-state index is 0.285. The fourth-order valence-corrected chi connectivity index (χ4v) is 4.89. The summed E-state index contributed by atoms with van der Waals surface area (Å²) < 4.78 is 11.7. The van der Waals surface area contributed by atoms with Gasteiger partial charge >= 0.3 is 0 Å². The first-order valence-corrected chi connectivity index (χ1v) is 14.1. The predicted octanol–water partition coefficient (Wildman–Crippen LogP) is 8.42. The summed E-state index contributed by atoms with van der Waals surface area (Å²) in [5.74, 6) is 0.470. The SMILES string of the molecule is Cc1ccc2oc(-c3ccc(NC(=O)c4ccc(C(=O)Nc5ccc(-c6nc7cc(C)ccc7o6)cc5)cc4)cc3)nc2c1. The lowest BCUT2D eigenvalue weighted by atomic mass is 10.1. The largest absolute Gasteiger partial charge is 0.436 e. The van der Waals surface area contributed by atoms with Crippen LogP contribution in [0.15, 0.2) is 118 Å². The molecular weight excluding hydrogens is 552 g/mol. The van der Waals surface area contributed by atoms with E-state index in [1.54, 1.807) is 48.5 Å². The third kappa shape index (κ3) is 5.44. The van der Waals surface area contributed by atoms with Gasteiger partial charge in [-0.15, -0.1) is 0 Å². The van der Waals surface area contributed by atoms with Gasteiger partial charge in [-0.05, 0) is 122 Å². The molecule has 7 aromatic rings. The first-order valence-electron chi connectivity index (χ1n) is 14.1. The van der Waals surface area contributed by atoms with Gasteiger partial charge in [0.1, 0.15) is 11.0 Å². The monoisotopic (exact) mass is 578 g/mol. The number of oxazole rings is 2. The molecule has 0 bridgehead atoms. The van der Waals surface area contributed by atoms with Gasteiger partial charge in [-0.25, -0.2) is 9.97 Å². The van der Waals surface area contributed by atoms with E-state index in [0.29, 0.717) is 34.3 Å². The Hall–Kier alpha value is -6.02. The molecule has 0 saturated heterocycles. The van der Waals surface area contributed by atoms with Gasteiger partial charge in [-0.2, -0.15) is 0 Å². The van der Waals surface area contributed by atoms with Crippen molar-refractivity contribution in [3.05, 3.63) is 131 Å². The van der Waals surface area contributed by atoms with Crippen LogP contribution in [0.4, 0.5) is 11.4 Å². The average Bonchev–Trinajstić information content (AvgIpc) is 3.65. The van der Waals surface area contributed by atoms with Crippen molar-refractivity contribution in [2.45, 2.75) is 13.8 Å². The summed E-state index contributed by atoms with van der Waals surface area (Å²) in [6.07, 6.45) is 0. The number of carbonyl (C=O) groups excluding carboxylic acids is 2. The number of carbonyl (C=O) groups is 2. The maximum absolute atomic E-state index is 12.9. The zero-order valence-corrected chi connectivity index (χ0v) is 23.9. The van der Waals surface area contributed by atoms with Crippen molar-refractivity contribution in [2.24, 2.45) is 0 Å². The quantitative estimate of drug-likeness (QED) is 0.205. The highest BCUT2D eigenvalue weighted by atomic mass is 16.4. The molecule has 0 fully saturated rings. The highest BCUT2D eigenvalue weighted by Gasteiger charge is 2.13. The maximum Gasteiger partial charge on any atom is 0.255 e. The predicted molar refractivity (Wildman–Crippen MR) is 171 cm³/mol. The zero-order valence-electron chi connectivity index (χ0n) is 23.9. The topological polar surface area (TPSA) is 110 Å². The average molecular weight is 579 g/mol. The molecular formula is C36H26N4O4. The summed E-state index contributed by atoms with van der Waals surface area (Å²) in [7, 11) is 0. The minimum atomic E-state index is -0.285. The van der Waals surface area contributed by atoms with Crippen LogP contribution in [0.2, 0.25) is 0 Å². The second kappa shape index (κ2) is 11.0. The third-order valence-corrected chi connectivity index (χ3v) is 7.27. The van der Waals surface area contributed by atoms with Crippen molar-refractivity contribution >= 4 is 45.4 Å². The van der Waals surface area contributed by atoms with E-state index in [9.17, 15) is 9.59 Å². The molecule has 0 aliphatic rings. The highest BCUT2D eigenvalue weighted by molar-refractivity contribution is 6.07. The van der Waals surface area contributed by atoms with Crippen LogP contribution in [0, 0.1) is 13.8 Å². The zero-order chi connectivity index (χ0) is 30.2. The molecule has 214 valence electrons. The molecule has 2 amide bonds. The molecule has 2 heterocycles. The molecule has 0 unspecified atom stereocenters. The number of benzene rings is 5. The van der Waals surface area contributed by atoms with E-state index in [1.165, 1.54) is 0 Å². The van der Waals surface area contributed by atoms with E-state index in [0.717, 1.165) is 44.5 Å². The van der Waals surface area contributed by atoms with Crippen molar-refractivity contribution in [3.63, 3.8) is 0 Å². The number of nitrogens with zero attached hydrogens (tertiary/aromatic N) is 2. The number of hydrogen-bond donors (Lipinski definition) is 2. The van der Waals surface area contributed by atoms with Crippen molar-refractivity contribution in [3.8, 4) is 22.9 Å². The Morgan fingerprint density at radius 3 is 1.30 bits per heavy atom. The molecule has 0 atom stereocenters. The van der Waals surface area contributed by atoms with E-state index in [2.05, 4.69) is 20.6 Å². The van der Waals surface area contributed by atoms with Gasteiger partial charge in [0.15, 0.2) is 11.2 Å². The van der Waals surface area contributed by atoms with Crippen LogP contribution in [0.1, 0.15) is 31.8 Å². The Labute approximate surface area is 252 Å². The van der Waals surface area contributed by atoms with Gasteiger partial charge in [-0.3, -0.25) is 9.59 Å². The van der Waals surface area contributed by atoms with E-state index in [-0.39, 0.29) is 11.8 Å². The molecule has 44 heavy (non-hydrogen) atoms. The standard InChI is InChI=1S/C36H26N4O4/c1-21-3-17-31-29(19-21)39-35(43-31)25-9-13-27(14-10-25)37-33(41)23-5-7-24(8-6-23)34(42)38-28-15-11-26(12-16-28)36-40-30-20-22(2)4-18-32(30)44-36/h3-20H,1-2H3,(H,37,41)(H,38,42). The lowest BCUT2D eigenvalue weighted by molar-refractivity contribution is 0.101. The number of hydrogen-bond acceptors (Lipinski definition) is 6. The summed E-state index contributed by atoms with van der Waals surface area (Å²) in [6, 6.07) is 32.8. The van der Waals surface area contributed by atoms with Crippen molar-refractivity contribution in [1.29, 1.82) is 0 Å². The van der Waals surface area contributed by atoms with E-state index in [4.69, 9.17) is 8.83 Å². The normalized spacial score (nSPS) is 11.1. The minimum Gasteiger partial charge on any atom is -0.436 e. The lowest BCUT2D eigenvalue weighted by Gasteiger charge is -2.08. The van der Waals surface area contributed by atoms with Crippen LogP contribution >= 0.6 is 0 Å². The van der Waals surface area contributed by atoms with Gasteiger partial charge < -0.3 is 19.5 Å². The number of anilines is 2. The smallest absolute Gasteiger partial charge is 0.255 e. The molecule has 0 saturated carbocycles. The Bertz CT molecular complexity index is 2000. The molecule has 5 aromatic carbocycles. The number of nitrogens with one attached hydrogen (secondary N) is 2. The van der Waals surface area contributed by atoms with Crippen LogP contribution in [-0.4, -0.2) is 21.8 Å². The van der Waals surface area contributed by atoms with Crippen LogP contribution in [-0.2, 0) is 0 Å². The summed E-state index contributed by atoms with van der Waals surface area (Å²) in [4.78, 5) is 34.8. The molecule has 0 aliphatic heterocycles. The summed E-state index contributed by atoms with van der Waals surface area (Å²) >= 11 is 0. The Morgan fingerprint density at radius 1 is 0.523 bits per heavy atom. The Morgan fingerprint density at radius 2 is 0.909 bits per heavy atom. The van der Waals surface area contributed by atoms with E-state index >= 15 is 0 Å². The van der Waals surface area contributed by atoms with E-state index < -0.39 is 0 Å². The fraction of sp³-hybridized carbons (Fsp3) is 0.0556. The Balaban J connectivity index is 0.971. The van der Waals surface area contributed by atoms with Crippen molar-refractivity contribution in [2.75, 3.05) is 10.6 Å². The number of aromatic nitrogens is 2. The molecule has 7 rings (SSSR count). The van der Waals surface area contributed by atoms with Gasteiger partial charge in [0, 0.05) is 33.6 Å². The lowest BCUT2D eigenvalue weighted by Crippen LogP contribution is -2.14. The van der Waals surface area contributed by atoms with Crippen LogP contribution in [0.5, 0.6) is 0 Å². The summed E-state index contributed by atoms with van der Waals surface area (Å²) in [5.41, 5.74) is 9.02. The van der Waals surface area contributed by atoms with Crippen LogP contribution < -0.4 is 10.6 Å². The summed E-state index contributed by atoms with van der Waals surface area (Å²) in [6.45, 7) is 4.02. The van der Waals surface area contributed by atoms with Crippen molar-refractivity contribution < 1.29 is 18.4 Å². The molecule has 0 spiro atoms. The molecule has 2 aromatic heterocycles. The molecule has 8 heteroatoms.